The number of nitrogens with one attached hydrogen (secondary N) is 2. The fraction of sp³-hybridized carbons (Fsp3) is 0.360. The quantitative estimate of drug-likeness (QED) is 0.315. The van der Waals surface area contributed by atoms with E-state index in [1.54, 1.807) is 34.9 Å². The monoisotopic (exact) mass is 509 g/mol. The molecule has 3 aromatic heterocycles. The van der Waals surface area contributed by atoms with Crippen LogP contribution in [-0.2, 0) is 14.1 Å². The molecule has 198 valence electrons. The maximum absolute atomic E-state index is 11.8. The Morgan fingerprint density at radius 1 is 1.03 bits per heavy atom. The number of ether oxygens (including phenoxy) is 1. The lowest BCUT2D eigenvalue weighted by Crippen LogP contribution is -2.09. The van der Waals surface area contributed by atoms with Crippen LogP contribution in [0.25, 0.3) is 11.4 Å². The lowest BCUT2D eigenvalue weighted by atomic mass is 10.1. The average Bonchev–Trinajstić information content (AvgIpc) is 3.44. The highest BCUT2D eigenvalue weighted by Gasteiger charge is 2.19. The number of carbonyl (C=O) groups is 1. The van der Waals surface area contributed by atoms with Crippen molar-refractivity contribution in [2.24, 2.45) is 14.1 Å². The van der Waals surface area contributed by atoms with Gasteiger partial charge in [-0.3, -0.25) is 9.36 Å². The highest BCUT2D eigenvalue weighted by molar-refractivity contribution is 5.94. The van der Waals surface area contributed by atoms with Gasteiger partial charge in [0, 0.05) is 20.3 Å². The molecule has 4 rings (SSSR count). The molecular formula is C25H35N9O3. The van der Waals surface area contributed by atoms with Crippen molar-refractivity contribution in [2.45, 2.75) is 41.5 Å². The average molecular weight is 510 g/mol. The molecule has 0 aliphatic heterocycles. The summed E-state index contributed by atoms with van der Waals surface area (Å²) in [5.74, 6) is 0.0854. The summed E-state index contributed by atoms with van der Waals surface area (Å²) in [4.78, 5) is 24.7. The Bertz CT molecular complexity index is 1350. The molecule has 0 fully saturated rings. The second-order valence-corrected chi connectivity index (χ2v) is 7.31. The van der Waals surface area contributed by atoms with Gasteiger partial charge in [-0.15, -0.1) is 0 Å². The van der Waals surface area contributed by atoms with Gasteiger partial charge in [-0.05, 0) is 26.0 Å². The maximum atomic E-state index is 11.8. The van der Waals surface area contributed by atoms with Gasteiger partial charge in [0.25, 0.3) is 0 Å². The Morgan fingerprint density at radius 2 is 1.73 bits per heavy atom. The summed E-state index contributed by atoms with van der Waals surface area (Å²) in [6, 6.07) is 5.36. The van der Waals surface area contributed by atoms with Crippen LogP contribution in [0.2, 0.25) is 0 Å². The van der Waals surface area contributed by atoms with E-state index in [1.807, 2.05) is 54.7 Å². The van der Waals surface area contributed by atoms with Crippen LogP contribution < -0.4 is 15.4 Å². The Hall–Kier alpha value is -4.48. The van der Waals surface area contributed by atoms with Crippen molar-refractivity contribution < 1.29 is 14.6 Å². The van der Waals surface area contributed by atoms with Crippen molar-refractivity contribution in [3.63, 3.8) is 0 Å². The molecule has 3 heterocycles. The number of nitrogens with zero attached hydrogens (tertiary/aromatic N) is 7. The van der Waals surface area contributed by atoms with Crippen LogP contribution in [0, 0.1) is 13.8 Å². The smallest absolute Gasteiger partial charge is 0.341 e. The lowest BCUT2D eigenvalue weighted by Gasteiger charge is -2.15. The van der Waals surface area contributed by atoms with Crippen molar-refractivity contribution in [3.05, 3.63) is 47.7 Å². The summed E-state index contributed by atoms with van der Waals surface area (Å²) in [5.41, 5.74) is 3.48. The number of rotatable bonds is 7. The van der Waals surface area contributed by atoms with E-state index in [2.05, 4.69) is 35.8 Å². The molecule has 0 aliphatic rings. The third-order valence-corrected chi connectivity index (χ3v) is 5.08. The first kappa shape index (κ1) is 28.8. The Labute approximate surface area is 216 Å². The van der Waals surface area contributed by atoms with Gasteiger partial charge >= 0.3 is 5.97 Å². The SMILES string of the molecule is CC.CC.COc1c(Nc2nc(Nc3c(C)nn(C)c3C)ncc2C(=O)O)cccc1-c1ncn(C)n1. The Balaban J connectivity index is 0.00000115. The van der Waals surface area contributed by atoms with E-state index in [0.29, 0.717) is 22.8 Å². The van der Waals surface area contributed by atoms with Crippen LogP contribution >= 0.6 is 0 Å². The summed E-state index contributed by atoms with van der Waals surface area (Å²) < 4.78 is 8.93. The summed E-state index contributed by atoms with van der Waals surface area (Å²) in [5, 5.41) is 24.6. The second-order valence-electron chi connectivity index (χ2n) is 7.31. The maximum Gasteiger partial charge on any atom is 0.341 e. The number of aromatic carboxylic acids is 1. The van der Waals surface area contributed by atoms with Crippen LogP contribution in [0.15, 0.2) is 30.7 Å². The van der Waals surface area contributed by atoms with E-state index in [1.165, 1.54) is 13.3 Å². The molecule has 0 unspecified atom stereocenters. The highest BCUT2D eigenvalue weighted by Crippen LogP contribution is 2.36. The lowest BCUT2D eigenvalue weighted by molar-refractivity contribution is 0.0697. The minimum Gasteiger partial charge on any atom is -0.494 e. The zero-order valence-electron chi connectivity index (χ0n) is 22.8. The number of para-hydroxylation sites is 1. The third-order valence-electron chi connectivity index (χ3n) is 5.08. The molecule has 0 amide bonds. The van der Waals surface area contributed by atoms with Gasteiger partial charge in [-0.25, -0.2) is 14.8 Å². The van der Waals surface area contributed by atoms with Crippen LogP contribution in [0.3, 0.4) is 0 Å². The number of methoxy groups -OCH3 is 1. The minimum atomic E-state index is -1.17. The number of benzene rings is 1. The fourth-order valence-corrected chi connectivity index (χ4v) is 3.38. The predicted octanol–water partition coefficient (Wildman–Crippen LogP) is 4.87. The third kappa shape index (κ3) is 6.40. The number of aromatic nitrogens is 7. The Morgan fingerprint density at radius 3 is 2.27 bits per heavy atom. The fourth-order valence-electron chi connectivity index (χ4n) is 3.38. The molecule has 0 saturated heterocycles. The van der Waals surface area contributed by atoms with Crippen LogP contribution in [0.1, 0.15) is 49.4 Å². The van der Waals surface area contributed by atoms with E-state index in [-0.39, 0.29) is 17.3 Å². The van der Waals surface area contributed by atoms with Crippen molar-refractivity contribution in [1.82, 2.24) is 34.5 Å². The van der Waals surface area contributed by atoms with E-state index < -0.39 is 5.97 Å². The van der Waals surface area contributed by atoms with Crippen molar-refractivity contribution in [3.8, 4) is 17.1 Å². The van der Waals surface area contributed by atoms with Gasteiger partial charge in [0.05, 0.1) is 35.4 Å². The van der Waals surface area contributed by atoms with E-state index in [9.17, 15) is 9.90 Å². The molecule has 1 aromatic carbocycles. The predicted molar refractivity (Wildman–Crippen MR) is 144 cm³/mol. The molecule has 12 nitrogen and oxygen atoms in total. The Kier molecular flexibility index (Phi) is 10.1. The summed E-state index contributed by atoms with van der Waals surface area (Å²) in [6.07, 6.45) is 2.83. The first-order valence-electron chi connectivity index (χ1n) is 12.0. The van der Waals surface area contributed by atoms with Crippen LogP contribution in [-0.4, -0.2) is 52.7 Å². The van der Waals surface area contributed by atoms with Gasteiger partial charge in [-0.2, -0.15) is 15.2 Å². The summed E-state index contributed by atoms with van der Waals surface area (Å²) >= 11 is 0. The van der Waals surface area contributed by atoms with Gasteiger partial charge in [-0.1, -0.05) is 33.8 Å². The minimum absolute atomic E-state index is 0.0939. The molecule has 12 heteroatoms. The number of hydrogen-bond acceptors (Lipinski definition) is 9. The van der Waals surface area contributed by atoms with Crippen molar-refractivity contribution >= 4 is 29.1 Å². The van der Waals surface area contributed by atoms with Gasteiger partial charge in [0.1, 0.15) is 11.9 Å². The normalized spacial score (nSPS) is 9.97. The van der Waals surface area contributed by atoms with E-state index in [0.717, 1.165) is 17.1 Å². The first-order chi connectivity index (χ1) is 17.8. The molecule has 0 spiro atoms. The zero-order valence-corrected chi connectivity index (χ0v) is 22.8. The molecule has 0 bridgehead atoms. The molecule has 0 radical (unpaired) electrons. The molecule has 3 N–H and O–H groups in total. The number of carboxylic acids is 1. The molecule has 0 atom stereocenters. The van der Waals surface area contributed by atoms with Crippen molar-refractivity contribution in [1.29, 1.82) is 0 Å². The largest absolute Gasteiger partial charge is 0.494 e. The first-order valence-corrected chi connectivity index (χ1v) is 12.0. The highest BCUT2D eigenvalue weighted by atomic mass is 16.5. The topological polar surface area (TPSA) is 145 Å². The summed E-state index contributed by atoms with van der Waals surface area (Å²) in [7, 11) is 5.13. The van der Waals surface area contributed by atoms with Gasteiger partial charge in [0.2, 0.25) is 5.95 Å². The molecule has 0 aliphatic carbocycles. The molecule has 37 heavy (non-hydrogen) atoms. The van der Waals surface area contributed by atoms with E-state index in [4.69, 9.17) is 4.74 Å². The standard InChI is InChI=1S/C21H23N9O3.2C2H6/c1-11-16(12(2)30(4)27-11)25-21-22-9-14(20(31)32)19(26-21)24-15-8-6-7-13(17(15)33-5)18-23-10-29(3)28-18;2*1-2/h6-10H,1-5H3,(H,31,32)(H2,22,24,25,26);2*1-2H3. The summed E-state index contributed by atoms with van der Waals surface area (Å²) in [6.45, 7) is 11.8. The second kappa shape index (κ2) is 13.0. The van der Waals surface area contributed by atoms with Gasteiger partial charge < -0.3 is 20.5 Å². The number of aryl methyl sites for hydroxylation is 3. The molecular weight excluding hydrogens is 474 g/mol. The van der Waals surface area contributed by atoms with Crippen molar-refractivity contribution in [2.75, 3.05) is 17.7 Å². The van der Waals surface area contributed by atoms with E-state index >= 15 is 0 Å². The van der Waals surface area contributed by atoms with Gasteiger partial charge in [0.15, 0.2) is 17.4 Å². The molecule has 0 saturated carbocycles. The number of anilines is 4. The number of hydrogen-bond donors (Lipinski definition) is 3. The van der Waals surface area contributed by atoms with Crippen LogP contribution in [0.5, 0.6) is 5.75 Å². The van der Waals surface area contributed by atoms with Crippen LogP contribution in [0.4, 0.5) is 23.1 Å². The number of carboxylic acid groups (broad SMARTS) is 1. The zero-order chi connectivity index (χ0) is 27.7. The molecule has 4 aromatic rings.